The van der Waals surface area contributed by atoms with Gasteiger partial charge in [-0.25, -0.2) is 4.98 Å². The Labute approximate surface area is 132 Å². The largest absolute Gasteiger partial charge is 0.462 e. The highest BCUT2D eigenvalue weighted by Gasteiger charge is 2.26. The molecule has 6 nitrogen and oxygen atoms in total. The number of hydrogen-bond acceptors (Lipinski definition) is 5. The van der Waals surface area contributed by atoms with Crippen LogP contribution in [0.4, 0.5) is 0 Å². The lowest BCUT2D eigenvalue weighted by atomic mass is 10.1. The van der Waals surface area contributed by atoms with Gasteiger partial charge in [-0.1, -0.05) is 0 Å². The predicted molar refractivity (Wildman–Crippen MR) is 82.6 cm³/mol. The smallest absolute Gasteiger partial charge is 0.273 e. The quantitative estimate of drug-likeness (QED) is 0.940. The number of thiazole rings is 1. The average molecular weight is 319 g/mol. The topological polar surface area (TPSA) is 75.4 Å². The van der Waals surface area contributed by atoms with E-state index in [9.17, 15) is 9.59 Å². The molecule has 1 N–H and O–H groups in total. The molecular formula is C15H17N3O3S. The molecule has 3 rings (SSSR count). The van der Waals surface area contributed by atoms with Crippen LogP contribution in [-0.4, -0.2) is 40.8 Å². The highest BCUT2D eigenvalue weighted by molar-refractivity contribution is 7.13. The first-order valence-electron chi connectivity index (χ1n) is 7.19. The minimum absolute atomic E-state index is 0.0263. The van der Waals surface area contributed by atoms with Gasteiger partial charge in [-0.15, -0.1) is 11.3 Å². The maximum atomic E-state index is 12.5. The lowest BCUT2D eigenvalue weighted by Gasteiger charge is -2.32. The highest BCUT2D eigenvalue weighted by atomic mass is 32.1. The summed E-state index contributed by atoms with van der Waals surface area (Å²) in [6.45, 7) is 2.73. The van der Waals surface area contributed by atoms with E-state index in [4.69, 9.17) is 4.42 Å². The van der Waals surface area contributed by atoms with Crippen LogP contribution in [0.1, 0.15) is 30.3 Å². The molecule has 0 spiro atoms. The summed E-state index contributed by atoms with van der Waals surface area (Å²) >= 11 is 1.39. The molecule has 1 aliphatic rings. The standard InChI is InChI=1S/C15H17N3O3S/c1-10(19)16-11-4-2-6-18(8-11)15(20)12-9-22-14(17-12)13-5-3-7-21-13/h3,5,7,9,11H,2,4,6,8H2,1H3,(H,16,19)/t11-/m0/s1. The molecule has 2 amide bonds. The molecule has 0 saturated carbocycles. The third-order valence-corrected chi connectivity index (χ3v) is 4.43. The van der Waals surface area contributed by atoms with Gasteiger partial charge in [0.05, 0.1) is 6.26 Å². The number of aromatic nitrogens is 1. The van der Waals surface area contributed by atoms with Crippen LogP contribution in [-0.2, 0) is 4.79 Å². The summed E-state index contributed by atoms with van der Waals surface area (Å²) in [5, 5.41) is 5.33. The molecule has 0 aliphatic carbocycles. The molecular weight excluding hydrogens is 302 g/mol. The minimum atomic E-state index is -0.0934. The Morgan fingerprint density at radius 2 is 2.36 bits per heavy atom. The Morgan fingerprint density at radius 3 is 3.09 bits per heavy atom. The summed E-state index contributed by atoms with van der Waals surface area (Å²) in [7, 11) is 0. The number of hydrogen-bond donors (Lipinski definition) is 1. The number of amides is 2. The number of furan rings is 1. The number of rotatable bonds is 3. The van der Waals surface area contributed by atoms with E-state index >= 15 is 0 Å². The van der Waals surface area contributed by atoms with E-state index in [-0.39, 0.29) is 17.9 Å². The monoisotopic (exact) mass is 319 g/mol. The zero-order chi connectivity index (χ0) is 15.5. The van der Waals surface area contributed by atoms with Crippen LogP contribution < -0.4 is 5.32 Å². The van der Waals surface area contributed by atoms with E-state index in [1.54, 1.807) is 22.6 Å². The lowest BCUT2D eigenvalue weighted by molar-refractivity contribution is -0.120. The molecule has 1 saturated heterocycles. The van der Waals surface area contributed by atoms with E-state index in [1.807, 2.05) is 6.07 Å². The second-order valence-corrected chi connectivity index (χ2v) is 6.16. The van der Waals surface area contributed by atoms with E-state index < -0.39 is 0 Å². The number of nitrogens with one attached hydrogen (secondary N) is 1. The number of carbonyl (C=O) groups is 2. The van der Waals surface area contributed by atoms with Crippen LogP contribution in [0.5, 0.6) is 0 Å². The number of piperidine rings is 1. The van der Waals surface area contributed by atoms with Crippen molar-refractivity contribution >= 4 is 23.2 Å². The normalized spacial score (nSPS) is 18.2. The van der Waals surface area contributed by atoms with Crippen molar-refractivity contribution in [1.29, 1.82) is 0 Å². The van der Waals surface area contributed by atoms with Crippen molar-refractivity contribution in [2.75, 3.05) is 13.1 Å². The molecule has 3 heterocycles. The SMILES string of the molecule is CC(=O)N[C@H]1CCCN(C(=O)c2csc(-c3ccco3)n2)C1. The predicted octanol–water partition coefficient (Wildman–Crippen LogP) is 2.14. The Hall–Kier alpha value is -2.15. The van der Waals surface area contributed by atoms with Gasteiger partial charge >= 0.3 is 0 Å². The summed E-state index contributed by atoms with van der Waals surface area (Å²) in [5.74, 6) is 0.510. The van der Waals surface area contributed by atoms with Crippen LogP contribution in [0.25, 0.3) is 10.8 Å². The molecule has 22 heavy (non-hydrogen) atoms. The number of likely N-dealkylation sites (tertiary alicyclic amines) is 1. The molecule has 0 aromatic carbocycles. The van der Waals surface area contributed by atoms with Crippen molar-refractivity contribution in [3.63, 3.8) is 0 Å². The summed E-state index contributed by atoms with van der Waals surface area (Å²) in [6, 6.07) is 3.64. The van der Waals surface area contributed by atoms with Crippen LogP contribution in [0, 0.1) is 0 Å². The molecule has 0 radical (unpaired) electrons. The van der Waals surface area contributed by atoms with Gasteiger partial charge in [0.1, 0.15) is 5.69 Å². The fraction of sp³-hybridized carbons (Fsp3) is 0.400. The second-order valence-electron chi connectivity index (χ2n) is 5.31. The lowest BCUT2D eigenvalue weighted by Crippen LogP contribution is -2.49. The van der Waals surface area contributed by atoms with Gasteiger partial charge in [0.2, 0.25) is 5.91 Å². The van der Waals surface area contributed by atoms with E-state index in [2.05, 4.69) is 10.3 Å². The number of nitrogens with zero attached hydrogens (tertiary/aromatic N) is 2. The van der Waals surface area contributed by atoms with Gasteiger partial charge in [0, 0.05) is 31.4 Å². The van der Waals surface area contributed by atoms with Crippen molar-refractivity contribution in [3.05, 3.63) is 29.5 Å². The van der Waals surface area contributed by atoms with E-state index in [1.165, 1.54) is 18.3 Å². The summed E-state index contributed by atoms with van der Waals surface area (Å²) in [6.07, 6.45) is 3.37. The Kier molecular flexibility index (Phi) is 4.24. The maximum absolute atomic E-state index is 12.5. The van der Waals surface area contributed by atoms with Crippen molar-refractivity contribution in [2.45, 2.75) is 25.8 Å². The van der Waals surface area contributed by atoms with Crippen LogP contribution in [0.2, 0.25) is 0 Å². The van der Waals surface area contributed by atoms with Crippen molar-refractivity contribution in [3.8, 4) is 10.8 Å². The summed E-state index contributed by atoms with van der Waals surface area (Å²) in [4.78, 5) is 29.8. The number of carbonyl (C=O) groups excluding carboxylic acids is 2. The van der Waals surface area contributed by atoms with Crippen molar-refractivity contribution < 1.29 is 14.0 Å². The van der Waals surface area contributed by atoms with Gasteiger partial charge in [0.15, 0.2) is 10.8 Å². The van der Waals surface area contributed by atoms with Gasteiger partial charge in [-0.3, -0.25) is 9.59 Å². The van der Waals surface area contributed by atoms with E-state index in [0.29, 0.717) is 29.6 Å². The first-order chi connectivity index (χ1) is 10.6. The van der Waals surface area contributed by atoms with E-state index in [0.717, 1.165) is 12.8 Å². The molecule has 1 aliphatic heterocycles. The molecule has 116 valence electrons. The zero-order valence-electron chi connectivity index (χ0n) is 12.2. The molecule has 2 aromatic heterocycles. The first kappa shape index (κ1) is 14.8. The minimum Gasteiger partial charge on any atom is -0.462 e. The third-order valence-electron chi connectivity index (χ3n) is 3.57. The molecule has 1 atom stereocenters. The average Bonchev–Trinajstić information content (AvgIpc) is 3.17. The van der Waals surface area contributed by atoms with Gasteiger partial charge in [-0.05, 0) is 25.0 Å². The molecule has 0 bridgehead atoms. The van der Waals surface area contributed by atoms with Crippen LogP contribution >= 0.6 is 11.3 Å². The van der Waals surface area contributed by atoms with Gasteiger partial charge < -0.3 is 14.6 Å². The Balaban J connectivity index is 1.69. The van der Waals surface area contributed by atoms with Crippen LogP contribution in [0.15, 0.2) is 28.2 Å². The molecule has 0 unspecified atom stereocenters. The maximum Gasteiger partial charge on any atom is 0.273 e. The molecule has 2 aromatic rings. The fourth-order valence-corrected chi connectivity index (χ4v) is 3.37. The Morgan fingerprint density at radius 1 is 1.50 bits per heavy atom. The van der Waals surface area contributed by atoms with Crippen molar-refractivity contribution in [1.82, 2.24) is 15.2 Å². The summed E-state index contributed by atoms with van der Waals surface area (Å²) < 4.78 is 5.29. The summed E-state index contributed by atoms with van der Waals surface area (Å²) in [5.41, 5.74) is 0.430. The third kappa shape index (κ3) is 3.19. The second kappa shape index (κ2) is 6.31. The van der Waals surface area contributed by atoms with Gasteiger partial charge in [-0.2, -0.15) is 0 Å². The highest BCUT2D eigenvalue weighted by Crippen LogP contribution is 2.25. The fourth-order valence-electron chi connectivity index (χ4n) is 2.61. The molecule has 1 fully saturated rings. The van der Waals surface area contributed by atoms with Gasteiger partial charge in [0.25, 0.3) is 5.91 Å². The first-order valence-corrected chi connectivity index (χ1v) is 8.07. The Bertz CT molecular complexity index is 665. The molecule has 7 heteroatoms. The van der Waals surface area contributed by atoms with Crippen LogP contribution in [0.3, 0.4) is 0 Å². The van der Waals surface area contributed by atoms with Crippen molar-refractivity contribution in [2.24, 2.45) is 0 Å². The zero-order valence-corrected chi connectivity index (χ0v) is 13.1.